The third kappa shape index (κ3) is 1.81. The van der Waals surface area contributed by atoms with Crippen molar-refractivity contribution in [3.8, 4) is 0 Å². The average Bonchev–Trinajstić information content (AvgIpc) is 2.66. The molecule has 2 heterocycles. The van der Waals surface area contributed by atoms with Gasteiger partial charge in [-0.15, -0.1) is 0 Å². The van der Waals surface area contributed by atoms with Crippen molar-refractivity contribution in [1.82, 2.24) is 4.98 Å². The van der Waals surface area contributed by atoms with Crippen LogP contribution in [0.5, 0.6) is 0 Å². The standard InChI is InChI=1S/C12H15N3S2/c1-6-3-4-7-8(5-6)17-11-9(7)10(13)14-12(15-11)16-2/h6H,3-5H2,1-2H3,(H2,13,14,15)/p+1. The number of fused-ring (bicyclic) bond motifs is 3. The minimum atomic E-state index is 0.690. The molecule has 0 bridgehead atoms. The lowest BCUT2D eigenvalue weighted by Gasteiger charge is -2.17. The Balaban J connectivity index is 2.24. The highest BCUT2D eigenvalue weighted by molar-refractivity contribution is 7.98. The van der Waals surface area contributed by atoms with Crippen LogP contribution in [0.15, 0.2) is 5.16 Å². The fraction of sp³-hybridized carbons (Fsp3) is 0.500. The van der Waals surface area contributed by atoms with Crippen molar-refractivity contribution in [2.24, 2.45) is 5.92 Å². The number of hydrogen-bond acceptors (Lipinski definition) is 4. The van der Waals surface area contributed by atoms with E-state index in [2.05, 4.69) is 16.9 Å². The molecule has 5 heteroatoms. The third-order valence-corrected chi connectivity index (χ3v) is 5.15. The molecule has 1 atom stereocenters. The molecule has 2 aromatic rings. The number of H-pyrrole nitrogens is 1. The average molecular weight is 266 g/mol. The fourth-order valence-corrected chi connectivity index (χ4v) is 4.37. The van der Waals surface area contributed by atoms with Crippen LogP contribution in [0.25, 0.3) is 10.2 Å². The Kier molecular flexibility index (Phi) is 2.75. The van der Waals surface area contributed by atoms with E-state index in [0.717, 1.165) is 17.5 Å². The molecule has 17 heavy (non-hydrogen) atoms. The lowest BCUT2D eigenvalue weighted by Crippen LogP contribution is -2.12. The molecule has 0 radical (unpaired) electrons. The summed E-state index contributed by atoms with van der Waals surface area (Å²) in [5.74, 6) is 1.49. The van der Waals surface area contributed by atoms with E-state index >= 15 is 0 Å². The Bertz CT molecular complexity index is 577. The smallest absolute Gasteiger partial charge is 0.360 e. The van der Waals surface area contributed by atoms with Gasteiger partial charge in [0.1, 0.15) is 5.39 Å². The highest BCUT2D eigenvalue weighted by atomic mass is 32.2. The molecule has 0 amide bonds. The van der Waals surface area contributed by atoms with Gasteiger partial charge in [-0.25, -0.2) is 4.98 Å². The van der Waals surface area contributed by atoms with Crippen molar-refractivity contribution in [3.05, 3.63) is 10.4 Å². The minimum Gasteiger partial charge on any atom is -0.362 e. The second-order valence-corrected chi connectivity index (χ2v) is 6.59. The third-order valence-electron chi connectivity index (χ3n) is 3.40. The summed E-state index contributed by atoms with van der Waals surface area (Å²) in [6.07, 6.45) is 5.62. The summed E-state index contributed by atoms with van der Waals surface area (Å²) >= 11 is 3.46. The maximum Gasteiger partial charge on any atom is 0.360 e. The summed E-state index contributed by atoms with van der Waals surface area (Å²) in [6.45, 7) is 2.33. The number of thiophene rings is 1. The predicted molar refractivity (Wildman–Crippen MR) is 73.6 cm³/mol. The molecule has 1 aliphatic rings. The Morgan fingerprint density at radius 2 is 2.35 bits per heavy atom. The zero-order valence-corrected chi connectivity index (χ0v) is 11.7. The Labute approximate surface area is 109 Å². The first-order chi connectivity index (χ1) is 8.19. The van der Waals surface area contributed by atoms with Gasteiger partial charge in [0.15, 0.2) is 4.83 Å². The van der Waals surface area contributed by atoms with Crippen LogP contribution in [0.2, 0.25) is 0 Å². The number of aromatic nitrogens is 2. The van der Waals surface area contributed by atoms with Crippen molar-refractivity contribution >= 4 is 39.1 Å². The van der Waals surface area contributed by atoms with Gasteiger partial charge >= 0.3 is 5.16 Å². The van der Waals surface area contributed by atoms with Crippen LogP contribution in [0.1, 0.15) is 23.8 Å². The number of aromatic amines is 1. The molecule has 0 aromatic carbocycles. The van der Waals surface area contributed by atoms with Gasteiger partial charge < -0.3 is 5.73 Å². The van der Waals surface area contributed by atoms with Crippen LogP contribution in [0.3, 0.4) is 0 Å². The number of anilines is 1. The Morgan fingerprint density at radius 3 is 3.12 bits per heavy atom. The number of thioether (sulfide) groups is 1. The summed E-state index contributed by atoms with van der Waals surface area (Å²) in [5.41, 5.74) is 7.54. The first-order valence-electron chi connectivity index (χ1n) is 5.86. The summed E-state index contributed by atoms with van der Waals surface area (Å²) < 4.78 is 0. The maximum atomic E-state index is 6.10. The minimum absolute atomic E-state index is 0.690. The molecule has 0 aliphatic heterocycles. The lowest BCUT2D eigenvalue weighted by molar-refractivity contribution is -0.399. The molecule has 1 aliphatic carbocycles. The molecule has 1 unspecified atom stereocenters. The number of rotatable bonds is 1. The monoisotopic (exact) mass is 266 g/mol. The molecule has 0 fully saturated rings. The molecule has 0 spiro atoms. The molecule has 2 aromatic heterocycles. The van der Waals surface area contributed by atoms with Gasteiger partial charge in [0, 0.05) is 4.88 Å². The summed E-state index contributed by atoms with van der Waals surface area (Å²) in [6, 6.07) is 0. The first-order valence-corrected chi connectivity index (χ1v) is 7.90. The van der Waals surface area contributed by atoms with E-state index < -0.39 is 0 Å². The van der Waals surface area contributed by atoms with Crippen LogP contribution in [0.4, 0.5) is 5.82 Å². The zero-order valence-electron chi connectivity index (χ0n) is 10.0. The molecule has 90 valence electrons. The van der Waals surface area contributed by atoms with Crippen molar-refractivity contribution < 1.29 is 4.98 Å². The summed E-state index contributed by atoms with van der Waals surface area (Å²) in [5, 5.41) is 2.08. The highest BCUT2D eigenvalue weighted by Crippen LogP contribution is 2.38. The number of nitrogens with two attached hydrogens (primary N) is 1. The van der Waals surface area contributed by atoms with E-state index in [9.17, 15) is 0 Å². The topological polar surface area (TPSA) is 53.0 Å². The van der Waals surface area contributed by atoms with E-state index in [1.54, 1.807) is 11.8 Å². The van der Waals surface area contributed by atoms with Gasteiger partial charge in [-0.05, 0) is 53.7 Å². The van der Waals surface area contributed by atoms with Crippen molar-refractivity contribution in [3.63, 3.8) is 0 Å². The van der Waals surface area contributed by atoms with Crippen molar-refractivity contribution in [2.75, 3.05) is 12.0 Å². The molecular formula is C12H16N3S2+. The molecule has 3 nitrogen and oxygen atoms in total. The number of hydrogen-bond donors (Lipinski definition) is 1. The van der Waals surface area contributed by atoms with Crippen LogP contribution in [-0.2, 0) is 12.8 Å². The second-order valence-electron chi connectivity index (χ2n) is 4.69. The molecule has 3 N–H and O–H groups in total. The van der Waals surface area contributed by atoms with Crippen LogP contribution >= 0.6 is 23.1 Å². The van der Waals surface area contributed by atoms with Gasteiger partial charge in [-0.1, -0.05) is 18.3 Å². The Hall–Kier alpha value is -0.810. The number of nitrogen functional groups attached to an aromatic ring is 1. The van der Waals surface area contributed by atoms with Gasteiger partial charge in [-0.3, -0.25) is 0 Å². The predicted octanol–water partition coefficient (Wildman–Crippen LogP) is 2.54. The van der Waals surface area contributed by atoms with Crippen LogP contribution in [0, 0.1) is 5.92 Å². The van der Waals surface area contributed by atoms with Crippen LogP contribution < -0.4 is 10.7 Å². The number of aryl methyl sites for hydroxylation is 1. The SMILES string of the molecule is CSc1nc(N)c2c3c(sc2[nH+]1)CC(C)CC3. The first kappa shape index (κ1) is 11.3. The normalized spacial score (nSPS) is 19.5. The number of nitrogens with zero attached hydrogens (tertiary/aromatic N) is 1. The van der Waals surface area contributed by atoms with E-state index in [-0.39, 0.29) is 0 Å². The van der Waals surface area contributed by atoms with Gasteiger partial charge in [0.25, 0.3) is 5.82 Å². The molecule has 0 saturated carbocycles. The van der Waals surface area contributed by atoms with Crippen molar-refractivity contribution in [1.29, 1.82) is 0 Å². The van der Waals surface area contributed by atoms with Gasteiger partial charge in [0.05, 0.1) is 0 Å². The van der Waals surface area contributed by atoms with Gasteiger partial charge in [-0.2, -0.15) is 0 Å². The maximum absolute atomic E-state index is 6.10. The van der Waals surface area contributed by atoms with E-state index in [1.807, 2.05) is 17.6 Å². The second kappa shape index (κ2) is 4.14. The summed E-state index contributed by atoms with van der Waals surface area (Å²) in [7, 11) is 0. The molecule has 0 saturated heterocycles. The van der Waals surface area contributed by atoms with E-state index in [1.165, 1.54) is 33.5 Å². The molecule has 3 rings (SSSR count). The zero-order chi connectivity index (χ0) is 12.0. The highest BCUT2D eigenvalue weighted by Gasteiger charge is 2.25. The Morgan fingerprint density at radius 1 is 1.53 bits per heavy atom. The van der Waals surface area contributed by atoms with Crippen molar-refractivity contribution in [2.45, 2.75) is 31.3 Å². The number of nitrogens with one attached hydrogen (secondary N) is 1. The largest absolute Gasteiger partial charge is 0.362 e. The fourth-order valence-electron chi connectivity index (χ4n) is 2.50. The molecular weight excluding hydrogens is 250 g/mol. The lowest BCUT2D eigenvalue weighted by atomic mass is 9.89. The summed E-state index contributed by atoms with van der Waals surface area (Å²) in [4.78, 5) is 10.5. The quantitative estimate of drug-likeness (QED) is 0.637. The van der Waals surface area contributed by atoms with Crippen LogP contribution in [-0.4, -0.2) is 11.2 Å². The van der Waals surface area contributed by atoms with E-state index in [0.29, 0.717) is 5.82 Å². The van der Waals surface area contributed by atoms with Gasteiger partial charge in [0.2, 0.25) is 0 Å². The van der Waals surface area contributed by atoms with E-state index in [4.69, 9.17) is 5.73 Å².